The summed E-state index contributed by atoms with van der Waals surface area (Å²) < 4.78 is 12.5. The Kier molecular flexibility index (Phi) is 40.8. The van der Waals surface area contributed by atoms with Crippen LogP contribution in [0.1, 0.15) is 137 Å². The summed E-state index contributed by atoms with van der Waals surface area (Å²) in [7, 11) is -1.70. The van der Waals surface area contributed by atoms with Gasteiger partial charge in [-0.05, 0) is 68.4 Å². The molecule has 14 atom stereocenters. The molecule has 0 bridgehead atoms. The molecule has 39 nitrogen and oxygen atoms in total. The van der Waals surface area contributed by atoms with Crippen molar-refractivity contribution >= 4 is 117 Å². The van der Waals surface area contributed by atoms with Crippen molar-refractivity contribution in [2.75, 3.05) is 18.6 Å². The number of carboxylic acids is 3. The largest absolute Gasteiger partial charge is 0.481 e. The van der Waals surface area contributed by atoms with Crippen molar-refractivity contribution in [3.63, 3.8) is 0 Å². The molecule has 1 aromatic carbocycles. The zero-order valence-electron chi connectivity index (χ0n) is 58.5. The Morgan fingerprint density at radius 1 is 0.408 bits per heavy atom. The second-order valence-electron chi connectivity index (χ2n) is 25.2. The molecule has 40 heteroatoms. The Morgan fingerprint density at radius 3 is 1.15 bits per heavy atom. The van der Waals surface area contributed by atoms with Gasteiger partial charge in [-0.25, -0.2) is 4.79 Å². The van der Waals surface area contributed by atoms with E-state index in [1.165, 1.54) is 40.9 Å². The Hall–Kier alpha value is -10.3. The highest BCUT2D eigenvalue weighted by Gasteiger charge is 2.40. The van der Waals surface area contributed by atoms with Gasteiger partial charge in [0.2, 0.25) is 88.6 Å². The zero-order chi connectivity index (χ0) is 78.5. The van der Waals surface area contributed by atoms with Gasteiger partial charge in [-0.2, -0.15) is 0 Å². The highest BCUT2D eigenvalue weighted by molar-refractivity contribution is 7.84. The van der Waals surface area contributed by atoms with Gasteiger partial charge in [-0.1, -0.05) is 84.7 Å². The molecule has 0 saturated carbocycles. The number of hydrogen-bond donors (Lipinski definition) is 20. The monoisotopic (exact) mass is 1480 g/mol. The molecule has 0 spiro atoms. The number of carbonyl (C=O) groups excluding carboxylic acids is 15. The molecule has 0 radical (unpaired) electrons. The van der Waals surface area contributed by atoms with Crippen LogP contribution in [0.25, 0.3) is 0 Å². The first-order valence-corrected chi connectivity index (χ1v) is 34.8. The van der Waals surface area contributed by atoms with Crippen LogP contribution in [0.15, 0.2) is 30.3 Å². The molecule has 1 rings (SSSR count). The third-order valence-corrected chi connectivity index (χ3v) is 16.6. The third-order valence-electron chi connectivity index (χ3n) is 15.8. The van der Waals surface area contributed by atoms with Gasteiger partial charge in [0, 0.05) is 48.5 Å². The molecule has 15 amide bonds. The Bertz CT molecular complexity index is 3200. The number of nitrogens with one attached hydrogen (secondary N) is 11. The van der Waals surface area contributed by atoms with Crippen molar-refractivity contribution in [2.24, 2.45) is 52.2 Å². The lowest BCUT2D eigenvalue weighted by Gasteiger charge is -2.30. The fourth-order valence-corrected chi connectivity index (χ4v) is 10.3. The minimum Gasteiger partial charge on any atom is -0.481 e. The second-order valence-corrected chi connectivity index (χ2v) is 26.7. The molecule has 1 unspecified atom stereocenters. The summed E-state index contributed by atoms with van der Waals surface area (Å²) in [4.78, 5) is 239. The van der Waals surface area contributed by atoms with Crippen molar-refractivity contribution in [3.05, 3.63) is 35.9 Å². The van der Waals surface area contributed by atoms with E-state index in [9.17, 15) is 106 Å². The van der Waals surface area contributed by atoms with E-state index in [2.05, 4.69) is 58.5 Å². The fraction of sp³-hybridized carbons (Fsp3) is 0.619. The van der Waals surface area contributed by atoms with Gasteiger partial charge in [0.15, 0.2) is 0 Å². The lowest BCUT2D eigenvalue weighted by molar-refractivity contribution is -0.143. The standard InChI is InChI=1S/C63H101N17O22S/c1-8-32(6)51(80-58(95)40(28-46(69)84)76-60(97)49(30(2)3)78-56(93)36(18-21-44(67)82)72-57(94)39(27-45(68)83)74-52(89)34(65)16-12-13-24-64)62(99)73-38(23-25-103(7)102)55(92)70-35(17-20-43(66)81)53(90)71-37(19-22-47(85)86)54(91)75-41(29-48(87)88)59(96)79-50(31(4)5)61(98)77-42(63(100)101)26-33-14-10-9-11-15-33/h9-11,14-15,30-32,34-42,49-51H,8,12-13,16-29,64-65H2,1-7H3,(H2,66,81)(H2,67,82)(H2,68,83)(H2,69,84)(H,70,92)(H,71,90)(H,72,94)(H,73,99)(H,74,89)(H,75,91)(H,76,97)(H,77,98)(H,78,93)(H,79,96)(H,80,95)(H,85,86)(H,87,88)(H,100,101)/t32-,34-,35-,36-,37-,38-,39-,40-,41-,42-,49-,50-,51-,103?/m0/s1. The van der Waals surface area contributed by atoms with Crippen molar-refractivity contribution in [1.29, 1.82) is 0 Å². The number of aliphatic carboxylic acids is 3. The average molecular weight is 1480 g/mol. The number of carboxylic acid groups (broad SMARTS) is 3. The number of amides is 15. The third kappa shape index (κ3) is 35.3. The van der Waals surface area contributed by atoms with E-state index in [-0.39, 0.29) is 25.0 Å². The van der Waals surface area contributed by atoms with Crippen LogP contribution in [0.4, 0.5) is 0 Å². The Morgan fingerprint density at radius 2 is 0.757 bits per heavy atom. The molecule has 0 heterocycles. The average Bonchev–Trinajstić information content (AvgIpc) is 0.849. The van der Waals surface area contributed by atoms with Gasteiger partial charge >= 0.3 is 17.9 Å². The molecule has 26 N–H and O–H groups in total. The highest BCUT2D eigenvalue weighted by Crippen LogP contribution is 2.15. The first-order valence-electron chi connectivity index (χ1n) is 33.1. The smallest absolute Gasteiger partial charge is 0.326 e. The maximum atomic E-state index is 14.5. The van der Waals surface area contributed by atoms with Crippen molar-refractivity contribution < 1.29 is 106 Å². The van der Waals surface area contributed by atoms with E-state index in [0.29, 0.717) is 24.9 Å². The highest BCUT2D eigenvalue weighted by atomic mass is 32.2. The van der Waals surface area contributed by atoms with Crippen LogP contribution in [-0.2, 0) is 104 Å². The van der Waals surface area contributed by atoms with Crippen LogP contribution in [0.3, 0.4) is 0 Å². The molecule has 1 aromatic rings. The minimum absolute atomic E-state index is 0.0995. The summed E-state index contributed by atoms with van der Waals surface area (Å²) in [6.45, 7) is 9.15. The predicted octanol–water partition coefficient (Wildman–Crippen LogP) is -7.15. The Balaban J connectivity index is 3.67. The maximum absolute atomic E-state index is 14.5. The topological polar surface area (TPSA) is 673 Å². The van der Waals surface area contributed by atoms with Gasteiger partial charge in [-0.15, -0.1) is 0 Å². The van der Waals surface area contributed by atoms with E-state index in [0.717, 1.165) is 0 Å². The lowest BCUT2D eigenvalue weighted by atomic mass is 9.96. The van der Waals surface area contributed by atoms with Crippen LogP contribution < -0.4 is 92.9 Å². The van der Waals surface area contributed by atoms with Gasteiger partial charge < -0.3 is 108 Å². The van der Waals surface area contributed by atoms with Crippen LogP contribution in [0.2, 0.25) is 0 Å². The van der Waals surface area contributed by atoms with Gasteiger partial charge in [0.1, 0.15) is 66.5 Å². The van der Waals surface area contributed by atoms with Crippen LogP contribution in [0, 0.1) is 17.8 Å². The second kappa shape index (κ2) is 46.3. The van der Waals surface area contributed by atoms with Crippen LogP contribution in [0.5, 0.6) is 0 Å². The van der Waals surface area contributed by atoms with Gasteiger partial charge in [0.05, 0.1) is 25.3 Å². The maximum Gasteiger partial charge on any atom is 0.326 e. The Labute approximate surface area is 596 Å². The van der Waals surface area contributed by atoms with Crippen molar-refractivity contribution in [2.45, 2.75) is 210 Å². The number of hydrogen-bond acceptors (Lipinski definition) is 21. The van der Waals surface area contributed by atoms with Crippen LogP contribution in [-0.4, -0.2) is 217 Å². The van der Waals surface area contributed by atoms with Crippen molar-refractivity contribution in [1.82, 2.24) is 58.5 Å². The minimum atomic E-state index is -2.06. The molecular weight excluding hydrogens is 1380 g/mol. The summed E-state index contributed by atoms with van der Waals surface area (Å²) >= 11 is 0. The molecular formula is C63H101N17O22S. The van der Waals surface area contributed by atoms with E-state index in [1.54, 1.807) is 37.3 Å². The fourth-order valence-electron chi connectivity index (χ4n) is 9.78. The molecule has 103 heavy (non-hydrogen) atoms. The number of nitrogens with two attached hydrogens (primary N) is 6. The van der Waals surface area contributed by atoms with Gasteiger partial charge in [-0.3, -0.25) is 85.7 Å². The molecule has 0 saturated heterocycles. The number of unbranched alkanes of at least 4 members (excludes halogenated alkanes) is 1. The van der Waals surface area contributed by atoms with Crippen LogP contribution >= 0.6 is 0 Å². The summed E-state index contributed by atoms with van der Waals surface area (Å²) in [5.41, 5.74) is 33.6. The molecule has 0 fully saturated rings. The molecule has 0 aromatic heterocycles. The van der Waals surface area contributed by atoms with Gasteiger partial charge in [0.25, 0.3) is 0 Å². The van der Waals surface area contributed by atoms with Crippen molar-refractivity contribution in [3.8, 4) is 0 Å². The van der Waals surface area contributed by atoms with E-state index in [1.807, 2.05) is 0 Å². The lowest BCUT2D eigenvalue weighted by Crippen LogP contribution is -2.62. The number of carbonyl (C=O) groups is 18. The first kappa shape index (κ1) is 90.8. The molecule has 0 aliphatic rings. The number of rotatable bonds is 51. The van der Waals surface area contributed by atoms with E-state index in [4.69, 9.17) is 34.4 Å². The summed E-state index contributed by atoms with van der Waals surface area (Å²) in [6.07, 6.45) is -5.11. The quantitative estimate of drug-likeness (QED) is 0.0270. The predicted molar refractivity (Wildman–Crippen MR) is 366 cm³/mol. The number of primary amides is 4. The SMILES string of the molecule is CC[C@H](C)[C@H](NC(=O)[C@H](CC(N)=O)NC(=O)[C@@H](NC(=O)[C@H](CCC(N)=O)NC(=O)[C@H](CC(N)=O)NC(=O)[C@@H](N)CCCCN)C(C)C)C(=O)N[C@@H](CCS(C)=O)C(=O)N[C@@H](CCC(N)=O)C(=O)N[C@@H](CCC(=O)O)C(=O)N[C@@H](CC(=O)O)C(=O)N[C@H](C(=O)N[C@@H](Cc1ccccc1)C(=O)O)C(C)C. The molecule has 0 aliphatic heterocycles. The molecule has 576 valence electrons. The summed E-state index contributed by atoms with van der Waals surface area (Å²) in [5, 5.41) is 54.9. The van der Waals surface area contributed by atoms with E-state index >= 15 is 0 Å². The normalized spacial score (nSPS) is 15.2. The summed E-state index contributed by atoms with van der Waals surface area (Å²) in [6, 6.07) is -12.4. The van der Waals surface area contributed by atoms with E-state index < -0.39 is 272 Å². The molecule has 0 aliphatic carbocycles. The number of benzene rings is 1. The first-order chi connectivity index (χ1) is 48.1. The zero-order valence-corrected chi connectivity index (χ0v) is 59.4. The summed E-state index contributed by atoms with van der Waals surface area (Å²) in [5.74, 6) is -24.6.